The second-order valence-corrected chi connectivity index (χ2v) is 4.82. The van der Waals surface area contributed by atoms with Crippen molar-refractivity contribution in [2.24, 2.45) is 5.92 Å². The lowest BCUT2D eigenvalue weighted by Crippen LogP contribution is -2.32. The topological polar surface area (TPSA) is 61.4 Å². The Morgan fingerprint density at radius 1 is 1.50 bits per heavy atom. The summed E-state index contributed by atoms with van der Waals surface area (Å²) in [4.78, 5) is 11.9. The van der Waals surface area contributed by atoms with E-state index in [0.717, 1.165) is 37.2 Å². The molecule has 1 heterocycles. The van der Waals surface area contributed by atoms with Crippen molar-refractivity contribution in [1.29, 1.82) is 0 Å². The fraction of sp³-hybridized carbons (Fsp3) is 0.500. The standard InChI is InChI=1S/C14H20N2O2/c17-10-12-3-1-5-13(7-12)16-14(18)8-11-4-2-6-15-9-11/h1,3,5,7,11,15,17H,2,4,6,8-10H2,(H,16,18). The highest BCUT2D eigenvalue weighted by molar-refractivity contribution is 5.90. The highest BCUT2D eigenvalue weighted by Crippen LogP contribution is 2.16. The molecule has 1 fully saturated rings. The average molecular weight is 248 g/mol. The number of amides is 1. The molecule has 1 aliphatic heterocycles. The summed E-state index contributed by atoms with van der Waals surface area (Å²) >= 11 is 0. The molecular weight excluding hydrogens is 228 g/mol. The maximum absolute atomic E-state index is 11.9. The lowest BCUT2D eigenvalue weighted by molar-refractivity contribution is -0.117. The number of rotatable bonds is 4. The molecule has 1 atom stereocenters. The molecule has 4 heteroatoms. The number of carbonyl (C=O) groups excluding carboxylic acids is 1. The number of hydrogen-bond donors (Lipinski definition) is 3. The Labute approximate surface area is 107 Å². The van der Waals surface area contributed by atoms with Crippen LogP contribution in [0.2, 0.25) is 0 Å². The minimum Gasteiger partial charge on any atom is -0.392 e. The molecular formula is C14H20N2O2. The van der Waals surface area contributed by atoms with E-state index in [4.69, 9.17) is 5.11 Å². The normalized spacial score (nSPS) is 19.5. The molecule has 98 valence electrons. The van der Waals surface area contributed by atoms with Crippen molar-refractivity contribution in [3.05, 3.63) is 29.8 Å². The third-order valence-corrected chi connectivity index (χ3v) is 3.27. The van der Waals surface area contributed by atoms with Crippen LogP contribution >= 0.6 is 0 Å². The monoisotopic (exact) mass is 248 g/mol. The maximum atomic E-state index is 11.9. The summed E-state index contributed by atoms with van der Waals surface area (Å²) in [5.41, 5.74) is 1.57. The van der Waals surface area contributed by atoms with Gasteiger partial charge < -0.3 is 15.7 Å². The summed E-state index contributed by atoms with van der Waals surface area (Å²) in [6.07, 6.45) is 2.84. The van der Waals surface area contributed by atoms with Crippen molar-refractivity contribution in [2.45, 2.75) is 25.9 Å². The van der Waals surface area contributed by atoms with Gasteiger partial charge in [-0.2, -0.15) is 0 Å². The Bertz CT molecular complexity index is 401. The van der Waals surface area contributed by atoms with Gasteiger partial charge in [-0.15, -0.1) is 0 Å². The molecule has 0 aliphatic carbocycles. The van der Waals surface area contributed by atoms with E-state index in [1.54, 1.807) is 6.07 Å². The summed E-state index contributed by atoms with van der Waals surface area (Å²) < 4.78 is 0. The van der Waals surface area contributed by atoms with Gasteiger partial charge in [-0.25, -0.2) is 0 Å². The zero-order chi connectivity index (χ0) is 12.8. The SMILES string of the molecule is O=C(CC1CCCNC1)Nc1cccc(CO)c1. The molecule has 3 N–H and O–H groups in total. The van der Waals surface area contributed by atoms with Gasteiger partial charge in [0.05, 0.1) is 6.61 Å². The molecule has 0 aromatic heterocycles. The van der Waals surface area contributed by atoms with Crippen LogP contribution in [0.5, 0.6) is 0 Å². The van der Waals surface area contributed by atoms with Crippen molar-refractivity contribution in [2.75, 3.05) is 18.4 Å². The summed E-state index contributed by atoms with van der Waals surface area (Å²) in [7, 11) is 0. The second kappa shape index (κ2) is 6.52. The van der Waals surface area contributed by atoms with Gasteiger partial charge >= 0.3 is 0 Å². The summed E-state index contributed by atoms with van der Waals surface area (Å²) in [5.74, 6) is 0.499. The Morgan fingerprint density at radius 2 is 2.39 bits per heavy atom. The molecule has 1 aliphatic rings. The van der Waals surface area contributed by atoms with Crippen molar-refractivity contribution in [1.82, 2.24) is 5.32 Å². The zero-order valence-electron chi connectivity index (χ0n) is 10.5. The molecule has 1 aromatic rings. The molecule has 1 saturated heterocycles. The molecule has 0 bridgehead atoms. The summed E-state index contributed by atoms with van der Waals surface area (Å²) in [6, 6.07) is 7.32. The first-order chi connectivity index (χ1) is 8.78. The maximum Gasteiger partial charge on any atom is 0.224 e. The van der Waals surface area contributed by atoms with Crippen LogP contribution in [0.4, 0.5) is 5.69 Å². The summed E-state index contributed by atoms with van der Waals surface area (Å²) in [5, 5.41) is 15.2. The molecule has 0 saturated carbocycles. The minimum absolute atomic E-state index is 0.00371. The van der Waals surface area contributed by atoms with Crippen molar-refractivity contribution < 1.29 is 9.90 Å². The van der Waals surface area contributed by atoms with Crippen LogP contribution in [0.1, 0.15) is 24.8 Å². The van der Waals surface area contributed by atoms with Crippen molar-refractivity contribution in [3.8, 4) is 0 Å². The number of aliphatic hydroxyl groups is 1. The highest BCUT2D eigenvalue weighted by atomic mass is 16.3. The first-order valence-corrected chi connectivity index (χ1v) is 6.48. The Morgan fingerprint density at radius 3 is 3.11 bits per heavy atom. The molecule has 4 nitrogen and oxygen atoms in total. The van der Waals surface area contributed by atoms with Crippen LogP contribution in [-0.4, -0.2) is 24.1 Å². The van der Waals surface area contributed by atoms with E-state index in [0.29, 0.717) is 12.3 Å². The van der Waals surface area contributed by atoms with Crippen LogP contribution in [0, 0.1) is 5.92 Å². The number of anilines is 1. The van der Waals surface area contributed by atoms with Crippen LogP contribution < -0.4 is 10.6 Å². The van der Waals surface area contributed by atoms with E-state index in [1.165, 1.54) is 0 Å². The lowest BCUT2D eigenvalue weighted by Gasteiger charge is -2.22. The first-order valence-electron chi connectivity index (χ1n) is 6.48. The molecule has 0 spiro atoms. The molecule has 1 aromatic carbocycles. The van der Waals surface area contributed by atoms with Gasteiger partial charge in [0.1, 0.15) is 0 Å². The molecule has 0 radical (unpaired) electrons. The van der Waals surface area contributed by atoms with Gasteiger partial charge in [-0.1, -0.05) is 12.1 Å². The molecule has 18 heavy (non-hydrogen) atoms. The van der Waals surface area contributed by atoms with E-state index < -0.39 is 0 Å². The van der Waals surface area contributed by atoms with Gasteiger partial charge in [-0.05, 0) is 49.5 Å². The zero-order valence-corrected chi connectivity index (χ0v) is 10.5. The van der Waals surface area contributed by atoms with E-state index in [-0.39, 0.29) is 12.5 Å². The first kappa shape index (κ1) is 13.1. The van der Waals surface area contributed by atoms with E-state index in [2.05, 4.69) is 10.6 Å². The van der Waals surface area contributed by atoms with Gasteiger partial charge in [0.25, 0.3) is 0 Å². The van der Waals surface area contributed by atoms with Crippen molar-refractivity contribution in [3.63, 3.8) is 0 Å². The number of hydrogen-bond acceptors (Lipinski definition) is 3. The van der Waals surface area contributed by atoms with Crippen LogP contribution in [0.3, 0.4) is 0 Å². The number of nitrogens with one attached hydrogen (secondary N) is 2. The summed E-state index contributed by atoms with van der Waals surface area (Å²) in [6.45, 7) is 2.00. The minimum atomic E-state index is -0.00371. The van der Waals surface area contributed by atoms with Gasteiger partial charge in [0.15, 0.2) is 0 Å². The number of carbonyl (C=O) groups is 1. The van der Waals surface area contributed by atoms with Crippen LogP contribution in [-0.2, 0) is 11.4 Å². The van der Waals surface area contributed by atoms with E-state index in [9.17, 15) is 4.79 Å². The molecule has 2 rings (SSSR count). The smallest absolute Gasteiger partial charge is 0.224 e. The van der Waals surface area contributed by atoms with Gasteiger partial charge in [0.2, 0.25) is 5.91 Å². The third-order valence-electron chi connectivity index (χ3n) is 3.27. The number of piperidine rings is 1. The average Bonchev–Trinajstić information content (AvgIpc) is 2.40. The fourth-order valence-corrected chi connectivity index (χ4v) is 2.32. The number of benzene rings is 1. The lowest BCUT2D eigenvalue weighted by atomic mass is 9.96. The Balaban J connectivity index is 1.85. The van der Waals surface area contributed by atoms with Crippen molar-refractivity contribution >= 4 is 11.6 Å². The largest absolute Gasteiger partial charge is 0.392 e. The van der Waals surface area contributed by atoms with E-state index >= 15 is 0 Å². The van der Waals surface area contributed by atoms with Gasteiger partial charge in [0, 0.05) is 12.1 Å². The van der Waals surface area contributed by atoms with Crippen LogP contribution in [0.25, 0.3) is 0 Å². The van der Waals surface area contributed by atoms with Crippen LogP contribution in [0.15, 0.2) is 24.3 Å². The van der Waals surface area contributed by atoms with E-state index in [1.807, 2.05) is 18.2 Å². The third kappa shape index (κ3) is 3.82. The predicted molar refractivity (Wildman–Crippen MR) is 71.2 cm³/mol. The highest BCUT2D eigenvalue weighted by Gasteiger charge is 2.16. The number of aliphatic hydroxyl groups excluding tert-OH is 1. The second-order valence-electron chi connectivity index (χ2n) is 4.82. The molecule has 1 amide bonds. The van der Waals surface area contributed by atoms with Gasteiger partial charge in [-0.3, -0.25) is 4.79 Å². The Hall–Kier alpha value is -1.39. The quantitative estimate of drug-likeness (QED) is 0.757. The fourth-order valence-electron chi connectivity index (χ4n) is 2.32. The predicted octanol–water partition coefficient (Wildman–Crippen LogP) is 1.51. The Kier molecular flexibility index (Phi) is 4.73. The molecule has 1 unspecified atom stereocenters.